The van der Waals surface area contributed by atoms with E-state index in [4.69, 9.17) is 44.3 Å². The number of nitrogens with one attached hydrogen (secondary N) is 1. The maximum absolute atomic E-state index is 12.4. The smallest absolute Gasteiger partial charge is 0.325 e. The van der Waals surface area contributed by atoms with Crippen molar-refractivity contribution in [3.8, 4) is 0 Å². The first-order valence-corrected chi connectivity index (χ1v) is 11.9. The van der Waals surface area contributed by atoms with Gasteiger partial charge < -0.3 is 19.7 Å². The highest BCUT2D eigenvalue weighted by molar-refractivity contribution is 8.02. The first-order valence-electron chi connectivity index (χ1n) is 9.70. The first kappa shape index (κ1) is 27.9. The van der Waals surface area contributed by atoms with E-state index in [9.17, 15) is 19.2 Å². The van der Waals surface area contributed by atoms with E-state index in [1.807, 2.05) is 6.92 Å². The third-order valence-corrected chi connectivity index (χ3v) is 5.48. The molecule has 176 valence electrons. The number of esters is 2. The molecule has 1 aliphatic rings. The van der Waals surface area contributed by atoms with Gasteiger partial charge in [-0.2, -0.15) is 0 Å². The number of carbonyl (C=O) groups is 4. The number of nitrogens with zero attached hydrogens (tertiary/aromatic N) is 1. The third kappa shape index (κ3) is 10.3. The lowest BCUT2D eigenvalue weighted by molar-refractivity contribution is -0.160. The zero-order valence-corrected chi connectivity index (χ0v) is 20.7. The summed E-state index contributed by atoms with van der Waals surface area (Å²) in [5.41, 5.74) is 0.747. The molecule has 2 amide bonds. The van der Waals surface area contributed by atoms with Crippen molar-refractivity contribution in [3.63, 3.8) is 0 Å². The molecular weight excluding hydrogens is 491 g/mol. The van der Waals surface area contributed by atoms with Gasteiger partial charge in [-0.05, 0) is 24.3 Å². The number of likely N-dealkylation sites (tertiary alicyclic amines) is 1. The Kier molecular flexibility index (Phi) is 12.1. The molecule has 8 nitrogen and oxygen atoms in total. The highest BCUT2D eigenvalue weighted by atomic mass is 35.6. The molecule has 1 rings (SSSR count). The number of alkyl halides is 3. The van der Waals surface area contributed by atoms with Crippen LogP contribution in [-0.4, -0.2) is 70.0 Å². The lowest BCUT2D eigenvalue weighted by atomic mass is 9.89. The van der Waals surface area contributed by atoms with E-state index in [0.717, 1.165) is 18.4 Å². The predicted molar refractivity (Wildman–Crippen MR) is 121 cm³/mol. The van der Waals surface area contributed by atoms with Gasteiger partial charge >= 0.3 is 11.9 Å². The molecule has 0 saturated carbocycles. The molecule has 1 aliphatic heterocycles. The fraction of sp³-hybridized carbons (Fsp3) is 0.684. The van der Waals surface area contributed by atoms with Crippen LogP contribution in [0.3, 0.4) is 0 Å². The molecule has 2 unspecified atom stereocenters. The first-order chi connectivity index (χ1) is 14.5. The van der Waals surface area contributed by atoms with E-state index in [1.54, 1.807) is 12.3 Å². The van der Waals surface area contributed by atoms with E-state index >= 15 is 0 Å². The van der Waals surface area contributed by atoms with Gasteiger partial charge in [-0.3, -0.25) is 19.2 Å². The summed E-state index contributed by atoms with van der Waals surface area (Å²) in [6.45, 7) is 4.72. The summed E-state index contributed by atoms with van der Waals surface area (Å²) < 4.78 is 8.22. The Balaban J connectivity index is 2.66. The summed E-state index contributed by atoms with van der Waals surface area (Å²) in [7, 11) is 0. The van der Waals surface area contributed by atoms with Crippen molar-refractivity contribution in [2.24, 2.45) is 0 Å². The van der Waals surface area contributed by atoms with E-state index < -0.39 is 34.4 Å². The minimum atomic E-state index is -1.75. The van der Waals surface area contributed by atoms with Gasteiger partial charge in [0.05, 0.1) is 19.1 Å². The van der Waals surface area contributed by atoms with Crippen LogP contribution in [-0.2, 0) is 28.7 Å². The van der Waals surface area contributed by atoms with Crippen LogP contribution in [0.4, 0.5) is 0 Å². The molecule has 31 heavy (non-hydrogen) atoms. The topological polar surface area (TPSA) is 102 Å². The van der Waals surface area contributed by atoms with Crippen molar-refractivity contribution >= 4 is 70.3 Å². The second-order valence-electron chi connectivity index (χ2n) is 6.92. The highest BCUT2D eigenvalue weighted by Gasteiger charge is 2.49. The zero-order valence-electron chi connectivity index (χ0n) is 17.6. The molecule has 0 radical (unpaired) electrons. The number of amides is 2. The zero-order chi connectivity index (χ0) is 23.6. The number of β-lactam (4-membered cyclic amide) rings is 1. The fourth-order valence-electron chi connectivity index (χ4n) is 2.75. The largest absolute Gasteiger partial charge is 0.466 e. The summed E-state index contributed by atoms with van der Waals surface area (Å²) in [6, 6.07) is -1.31. The number of rotatable bonds is 12. The summed E-state index contributed by atoms with van der Waals surface area (Å²) in [4.78, 5) is 48.8. The Morgan fingerprint density at radius 2 is 1.87 bits per heavy atom. The van der Waals surface area contributed by atoms with Crippen molar-refractivity contribution in [1.82, 2.24) is 10.2 Å². The van der Waals surface area contributed by atoms with Gasteiger partial charge in [0.2, 0.25) is 15.6 Å². The van der Waals surface area contributed by atoms with E-state index in [2.05, 4.69) is 5.32 Å². The molecule has 1 fully saturated rings. The van der Waals surface area contributed by atoms with E-state index in [0.29, 0.717) is 12.4 Å². The van der Waals surface area contributed by atoms with Crippen molar-refractivity contribution < 1.29 is 28.7 Å². The standard InChI is InChI=1S/C19H27Cl3N2O6S/c1-4-5-7-29-14(26)6-8-31-10-12(2)17-16(23-13(3)25)18(28)24(17)9-15(27)30-11-19(20,21)22/h10,16-17H,4-9,11H2,1-3H3,(H,23,25). The van der Waals surface area contributed by atoms with Gasteiger partial charge in [-0.15, -0.1) is 11.8 Å². The number of thioether (sulfide) groups is 1. The van der Waals surface area contributed by atoms with Crippen molar-refractivity contribution in [2.45, 2.75) is 55.9 Å². The molecule has 1 saturated heterocycles. The Labute approximate surface area is 201 Å². The molecule has 0 bridgehead atoms. The summed E-state index contributed by atoms with van der Waals surface area (Å²) >= 11 is 18.1. The van der Waals surface area contributed by atoms with Gasteiger partial charge in [0.25, 0.3) is 0 Å². The summed E-state index contributed by atoms with van der Waals surface area (Å²) in [6.07, 6.45) is 2.04. The average molecular weight is 518 g/mol. The van der Waals surface area contributed by atoms with Gasteiger partial charge in [-0.1, -0.05) is 48.1 Å². The van der Waals surface area contributed by atoms with Crippen molar-refractivity contribution in [1.29, 1.82) is 0 Å². The lowest BCUT2D eigenvalue weighted by Gasteiger charge is -2.47. The van der Waals surface area contributed by atoms with Crippen LogP contribution in [0.25, 0.3) is 0 Å². The number of halogens is 3. The Hall–Kier alpha value is -1.16. The van der Waals surface area contributed by atoms with E-state index in [-0.39, 0.29) is 24.8 Å². The Morgan fingerprint density at radius 3 is 2.45 bits per heavy atom. The molecule has 0 aliphatic carbocycles. The molecule has 1 N–H and O–H groups in total. The van der Waals surface area contributed by atoms with Crippen molar-refractivity contribution in [2.75, 3.05) is 25.5 Å². The van der Waals surface area contributed by atoms with Crippen LogP contribution in [0.15, 0.2) is 11.0 Å². The molecule has 0 aromatic rings. The van der Waals surface area contributed by atoms with Crippen LogP contribution in [0, 0.1) is 0 Å². The van der Waals surface area contributed by atoms with Crippen molar-refractivity contribution in [3.05, 3.63) is 11.0 Å². The quantitative estimate of drug-likeness (QED) is 0.184. The molecule has 0 spiro atoms. The van der Waals surface area contributed by atoms with Gasteiger partial charge in [0.15, 0.2) is 0 Å². The summed E-state index contributed by atoms with van der Waals surface area (Å²) in [5, 5.41) is 4.38. The van der Waals surface area contributed by atoms with E-state index in [1.165, 1.54) is 23.6 Å². The molecular formula is C19H27Cl3N2O6S. The molecule has 12 heteroatoms. The average Bonchev–Trinajstić information content (AvgIpc) is 2.67. The normalized spacial score (nSPS) is 19.0. The van der Waals surface area contributed by atoms with Crippen LogP contribution in [0.5, 0.6) is 0 Å². The van der Waals surface area contributed by atoms with Gasteiger partial charge in [0, 0.05) is 12.7 Å². The predicted octanol–water partition coefficient (Wildman–Crippen LogP) is 2.99. The maximum Gasteiger partial charge on any atom is 0.325 e. The molecule has 0 aromatic carbocycles. The monoisotopic (exact) mass is 516 g/mol. The van der Waals surface area contributed by atoms with Gasteiger partial charge in [0.1, 0.15) is 19.2 Å². The third-order valence-electron chi connectivity index (χ3n) is 4.18. The number of carbonyl (C=O) groups excluding carboxylic acids is 4. The van der Waals surface area contributed by atoms with Crippen LogP contribution in [0.2, 0.25) is 0 Å². The fourth-order valence-corrected chi connectivity index (χ4v) is 3.71. The Morgan fingerprint density at radius 1 is 1.19 bits per heavy atom. The highest BCUT2D eigenvalue weighted by Crippen LogP contribution is 2.29. The summed E-state index contributed by atoms with van der Waals surface area (Å²) in [5.74, 6) is -1.28. The number of ether oxygens (including phenoxy) is 2. The van der Waals surface area contributed by atoms with Crippen LogP contribution >= 0.6 is 46.6 Å². The minimum absolute atomic E-state index is 0.254. The molecule has 1 heterocycles. The second kappa shape index (κ2) is 13.4. The molecule has 0 aromatic heterocycles. The van der Waals surface area contributed by atoms with Crippen LogP contribution < -0.4 is 5.32 Å². The molecule has 2 atom stereocenters. The SMILES string of the molecule is CCCCOC(=O)CCSC=C(C)C1C(NC(C)=O)C(=O)N1CC(=O)OCC(Cl)(Cl)Cl. The van der Waals surface area contributed by atoms with Gasteiger partial charge in [-0.25, -0.2) is 0 Å². The number of hydrogen-bond donors (Lipinski definition) is 1. The van der Waals surface area contributed by atoms with Crippen LogP contribution in [0.1, 0.15) is 40.0 Å². The lowest BCUT2D eigenvalue weighted by Crippen LogP contribution is -2.71. The number of unbranched alkanes of at least 4 members (excludes halogenated alkanes) is 1. The number of hydrogen-bond acceptors (Lipinski definition) is 7. The second-order valence-corrected chi connectivity index (χ2v) is 10.4. The Bertz CT molecular complexity index is 699. The minimum Gasteiger partial charge on any atom is -0.466 e. The maximum atomic E-state index is 12.4.